The van der Waals surface area contributed by atoms with Crippen LogP contribution < -0.4 is 19.6 Å². The average Bonchev–Trinajstić information content (AvgIpc) is 1.99. The van der Waals surface area contributed by atoms with Gasteiger partial charge in [-0.05, 0) is 25.2 Å². The minimum Gasteiger partial charge on any atom is -0.563 e. The molecule has 0 bridgehead atoms. The fourth-order valence-electron chi connectivity index (χ4n) is 0.109. The topological polar surface area (TPSA) is 199 Å². The predicted molar refractivity (Wildman–Crippen MR) is 45.4 cm³/mol. The van der Waals surface area contributed by atoms with E-state index in [1.54, 1.807) is 6.92 Å². The van der Waals surface area contributed by atoms with Gasteiger partial charge in [-0.15, -0.1) is 0 Å². The largest absolute Gasteiger partial charge is 4.00 e. The summed E-state index contributed by atoms with van der Waals surface area (Å²) in [6.45, 7) is 1.93. The second-order valence-electron chi connectivity index (χ2n) is 1.37. The van der Waals surface area contributed by atoms with Crippen LogP contribution in [-0.4, -0.2) is 11.7 Å². The smallest absolute Gasteiger partial charge is 0.563 e. The molecule has 16 heteroatoms. The molecule has 4 unspecified atom stereocenters. The van der Waals surface area contributed by atoms with Crippen LogP contribution in [0, 0.1) is 0 Å². The Hall–Kier alpha value is 0.834. The van der Waals surface area contributed by atoms with Gasteiger partial charge in [0.05, 0.1) is 0 Å². The van der Waals surface area contributed by atoms with E-state index >= 15 is 0 Å². The Bertz CT molecular complexity index is 218. The van der Waals surface area contributed by atoms with Crippen LogP contribution in [0.25, 0.3) is 0 Å². The predicted octanol–water partition coefficient (Wildman–Crippen LogP) is -1.93. The monoisotopic (exact) mass is 378 g/mol. The summed E-state index contributed by atoms with van der Waals surface area (Å²) in [6.07, 6.45) is 0. The van der Waals surface area contributed by atoms with Crippen LogP contribution in [-0.2, 0) is 48.6 Å². The molecule has 0 aliphatic rings. The van der Waals surface area contributed by atoms with E-state index in [0.717, 1.165) is 0 Å². The van der Waals surface area contributed by atoms with E-state index in [0.29, 0.717) is 0 Å². The Morgan fingerprint density at radius 2 is 0.944 bits per heavy atom. The zero-order valence-corrected chi connectivity index (χ0v) is 13.7. The molecule has 0 aliphatic carbocycles. The molecule has 100 valence electrons. The minimum absolute atomic E-state index is 0. The third-order valence-electron chi connectivity index (χ3n) is 0.267. The van der Waals surface area contributed by atoms with Crippen LogP contribution in [0.3, 0.4) is 0 Å². The number of hydrogen-bond acceptors (Lipinski definition) is 11. The van der Waals surface area contributed by atoms with Gasteiger partial charge in [0.25, 0.3) is 0 Å². The summed E-state index contributed by atoms with van der Waals surface area (Å²) in [5, 5.41) is 7.57. The standard InChI is InChI=1S/C2H6O.2O5P2.Ti/c1-2-3;2*1-6(2)5-7(3)4;/h3H,2H2,1H3;;;/q;;;+4. The maximum atomic E-state index is 9.24. The van der Waals surface area contributed by atoms with Crippen molar-refractivity contribution in [1.29, 1.82) is 0 Å². The van der Waals surface area contributed by atoms with Gasteiger partial charge in [-0.2, -0.15) is 0 Å². The fraction of sp³-hybridized carbons (Fsp3) is 1.00. The zero-order valence-electron chi connectivity index (χ0n) is 8.53. The third kappa shape index (κ3) is 54.1. The van der Waals surface area contributed by atoms with Gasteiger partial charge in [0, 0.05) is 6.61 Å². The van der Waals surface area contributed by atoms with Gasteiger partial charge in [0.2, 0.25) is 0 Å². The summed E-state index contributed by atoms with van der Waals surface area (Å²) in [7, 11) is -12.9. The second kappa shape index (κ2) is 20.2. The number of rotatable bonds is 4. The Morgan fingerprint density at radius 1 is 0.833 bits per heavy atom. The molecule has 0 aliphatic heterocycles. The van der Waals surface area contributed by atoms with Crippen LogP contribution in [0.2, 0.25) is 0 Å². The summed E-state index contributed by atoms with van der Waals surface area (Å²) in [6, 6.07) is 0. The molecular weight excluding hydrogens is 372 g/mol. The van der Waals surface area contributed by atoms with Crippen molar-refractivity contribution in [3.8, 4) is 0 Å². The Balaban J connectivity index is -0.0000000857. The first-order valence-electron chi connectivity index (χ1n) is 3.21. The van der Waals surface area contributed by atoms with Crippen molar-refractivity contribution < 1.29 is 73.3 Å². The van der Waals surface area contributed by atoms with Crippen molar-refractivity contribution in [2.45, 2.75) is 6.92 Å². The van der Waals surface area contributed by atoms with Crippen molar-refractivity contribution in [2.75, 3.05) is 6.61 Å². The molecular formula is C2H6O11P4Ti+4. The molecule has 0 heterocycles. The molecule has 0 aromatic heterocycles. The molecule has 0 aromatic rings. The molecule has 0 amide bonds. The number of hydrogen-bond donors (Lipinski definition) is 1. The van der Waals surface area contributed by atoms with Crippen LogP contribution in [0.5, 0.6) is 0 Å². The molecule has 0 saturated heterocycles. The quantitative estimate of drug-likeness (QED) is 0.422. The Kier molecular flexibility index (Phi) is 30.5. The first-order chi connectivity index (χ1) is 7.67. The fourth-order valence-corrected chi connectivity index (χ4v) is 0.980. The van der Waals surface area contributed by atoms with E-state index < -0.39 is 33.0 Å². The van der Waals surface area contributed by atoms with Crippen LogP contribution in [0.4, 0.5) is 0 Å². The van der Waals surface area contributed by atoms with Crippen LogP contribution in [0.15, 0.2) is 0 Å². The van der Waals surface area contributed by atoms with Gasteiger partial charge in [0.1, 0.15) is 8.62 Å². The summed E-state index contributed by atoms with van der Waals surface area (Å²) < 4.78 is 43.3. The van der Waals surface area contributed by atoms with Crippen molar-refractivity contribution >= 4 is 33.0 Å². The molecule has 0 spiro atoms. The summed E-state index contributed by atoms with van der Waals surface area (Å²) in [4.78, 5) is 37.0. The maximum Gasteiger partial charge on any atom is 4.00 e. The Labute approximate surface area is 120 Å². The first kappa shape index (κ1) is 27.2. The normalized spacial score (nSPS) is 11.4. The molecule has 4 atom stereocenters. The van der Waals surface area contributed by atoms with Crippen molar-refractivity contribution in [3.63, 3.8) is 0 Å². The van der Waals surface area contributed by atoms with E-state index in [-0.39, 0.29) is 28.3 Å². The summed E-state index contributed by atoms with van der Waals surface area (Å²) in [5.41, 5.74) is 0. The number of aliphatic hydroxyl groups excluding tert-OH is 1. The van der Waals surface area contributed by atoms with Crippen molar-refractivity contribution in [2.24, 2.45) is 0 Å². The van der Waals surface area contributed by atoms with Crippen molar-refractivity contribution in [3.05, 3.63) is 0 Å². The molecule has 0 radical (unpaired) electrons. The number of aliphatic hydroxyl groups is 1. The molecule has 0 rings (SSSR count). The van der Waals surface area contributed by atoms with E-state index in [2.05, 4.69) is 8.62 Å². The SMILES string of the molecule is CCO.O=[P+]([O-])O[P+](=O)[O-].O=[P+]([O-])O[P+](=O)[O-].[Ti+4]. The van der Waals surface area contributed by atoms with Gasteiger partial charge in [-0.3, -0.25) is 0 Å². The van der Waals surface area contributed by atoms with Crippen molar-refractivity contribution in [1.82, 2.24) is 0 Å². The van der Waals surface area contributed by atoms with Gasteiger partial charge in [-0.1, -0.05) is 0 Å². The molecule has 1 N–H and O–H groups in total. The Morgan fingerprint density at radius 3 is 0.944 bits per heavy atom. The first-order valence-corrected chi connectivity index (χ1v) is 7.60. The van der Waals surface area contributed by atoms with E-state index in [4.69, 9.17) is 5.11 Å². The van der Waals surface area contributed by atoms with Gasteiger partial charge in [0.15, 0.2) is 0 Å². The minimum atomic E-state index is -3.24. The second-order valence-corrected chi connectivity index (χ2v) is 4.47. The van der Waals surface area contributed by atoms with E-state index in [9.17, 15) is 37.8 Å². The summed E-state index contributed by atoms with van der Waals surface area (Å²) in [5.74, 6) is 0. The molecule has 0 saturated carbocycles. The van der Waals surface area contributed by atoms with E-state index in [1.165, 1.54) is 0 Å². The molecule has 0 aromatic carbocycles. The van der Waals surface area contributed by atoms with Gasteiger partial charge >= 0.3 is 54.7 Å². The van der Waals surface area contributed by atoms with E-state index in [1.807, 2.05) is 0 Å². The van der Waals surface area contributed by atoms with Crippen LogP contribution in [0.1, 0.15) is 6.92 Å². The molecule has 11 nitrogen and oxygen atoms in total. The van der Waals surface area contributed by atoms with Gasteiger partial charge < -0.3 is 24.7 Å². The van der Waals surface area contributed by atoms with Crippen LogP contribution >= 0.6 is 33.0 Å². The van der Waals surface area contributed by atoms with Gasteiger partial charge in [-0.25, -0.2) is 0 Å². The third-order valence-corrected chi connectivity index (χ3v) is 2.40. The zero-order chi connectivity index (χ0) is 14.4. The molecule has 0 fully saturated rings. The average molecular weight is 378 g/mol. The maximum absolute atomic E-state index is 9.24. The molecule has 18 heavy (non-hydrogen) atoms. The summed E-state index contributed by atoms with van der Waals surface area (Å²) >= 11 is 0.